The van der Waals surface area contributed by atoms with E-state index in [1.807, 2.05) is 54.6 Å². The van der Waals surface area contributed by atoms with E-state index in [4.69, 9.17) is 27.9 Å². The minimum absolute atomic E-state index is 0.706. The number of rotatable bonds is 5. The Bertz CT molecular complexity index is 922. The summed E-state index contributed by atoms with van der Waals surface area (Å²) in [6.45, 7) is 4.97. The molecule has 0 aromatic heterocycles. The van der Waals surface area contributed by atoms with Crippen molar-refractivity contribution < 1.29 is 4.74 Å². The van der Waals surface area contributed by atoms with Gasteiger partial charge in [0.1, 0.15) is 11.5 Å². The van der Waals surface area contributed by atoms with E-state index >= 15 is 0 Å². The minimum atomic E-state index is 0.706. The predicted octanol–water partition coefficient (Wildman–Crippen LogP) is 6.11. The molecule has 1 saturated heterocycles. The van der Waals surface area contributed by atoms with Gasteiger partial charge in [0.15, 0.2) is 0 Å². The van der Waals surface area contributed by atoms with Gasteiger partial charge in [0, 0.05) is 48.5 Å². The molecule has 0 amide bonds. The fraction of sp³-hybridized carbons (Fsp3) is 0.217. The molecule has 28 heavy (non-hydrogen) atoms. The van der Waals surface area contributed by atoms with E-state index < -0.39 is 0 Å². The summed E-state index contributed by atoms with van der Waals surface area (Å²) in [5.74, 6) is 1.63. The van der Waals surface area contributed by atoms with Gasteiger partial charge in [0.2, 0.25) is 0 Å². The van der Waals surface area contributed by atoms with Crippen LogP contribution in [0.15, 0.2) is 72.8 Å². The maximum absolute atomic E-state index is 6.13. The van der Waals surface area contributed by atoms with Crippen LogP contribution in [0.5, 0.6) is 11.5 Å². The first-order chi connectivity index (χ1) is 13.7. The van der Waals surface area contributed by atoms with Gasteiger partial charge in [0.05, 0.1) is 0 Å². The van der Waals surface area contributed by atoms with Crippen molar-refractivity contribution in [3.63, 3.8) is 0 Å². The molecule has 0 saturated carbocycles. The summed E-state index contributed by atoms with van der Waals surface area (Å²) in [6, 6.07) is 23.8. The molecule has 0 bridgehead atoms. The topological polar surface area (TPSA) is 15.7 Å². The number of halogens is 2. The van der Waals surface area contributed by atoms with E-state index in [-0.39, 0.29) is 0 Å². The van der Waals surface area contributed by atoms with Crippen LogP contribution in [0, 0.1) is 0 Å². The van der Waals surface area contributed by atoms with Crippen molar-refractivity contribution in [1.29, 1.82) is 0 Å². The van der Waals surface area contributed by atoms with Crippen LogP contribution < -0.4 is 9.64 Å². The third kappa shape index (κ3) is 4.99. The molecule has 1 heterocycles. The fourth-order valence-electron chi connectivity index (χ4n) is 3.44. The Morgan fingerprint density at radius 2 is 1.46 bits per heavy atom. The Balaban J connectivity index is 1.34. The van der Waals surface area contributed by atoms with E-state index in [1.165, 1.54) is 11.3 Å². The number of hydrogen-bond donors (Lipinski definition) is 0. The molecular formula is C23H22Cl2N2O. The van der Waals surface area contributed by atoms with Gasteiger partial charge in [-0.15, -0.1) is 0 Å². The van der Waals surface area contributed by atoms with Gasteiger partial charge in [-0.3, -0.25) is 4.90 Å². The van der Waals surface area contributed by atoms with Gasteiger partial charge in [-0.25, -0.2) is 0 Å². The first-order valence-corrected chi connectivity index (χ1v) is 10.2. The highest BCUT2D eigenvalue weighted by molar-refractivity contribution is 6.31. The molecule has 0 N–H and O–H groups in total. The summed E-state index contributed by atoms with van der Waals surface area (Å²) in [5.41, 5.74) is 2.45. The number of piperazine rings is 1. The van der Waals surface area contributed by atoms with Gasteiger partial charge in [-0.2, -0.15) is 0 Å². The van der Waals surface area contributed by atoms with Gasteiger partial charge in [-0.1, -0.05) is 41.4 Å². The summed E-state index contributed by atoms with van der Waals surface area (Å²) in [5, 5.41) is 1.50. The van der Waals surface area contributed by atoms with E-state index in [0.29, 0.717) is 5.02 Å². The molecular weight excluding hydrogens is 391 g/mol. The number of benzene rings is 3. The largest absolute Gasteiger partial charge is 0.457 e. The summed E-state index contributed by atoms with van der Waals surface area (Å²) in [4.78, 5) is 4.87. The monoisotopic (exact) mass is 412 g/mol. The summed E-state index contributed by atoms with van der Waals surface area (Å²) in [7, 11) is 0. The number of nitrogens with zero attached hydrogens (tertiary/aromatic N) is 2. The van der Waals surface area contributed by atoms with E-state index in [2.05, 4.69) is 28.0 Å². The zero-order chi connectivity index (χ0) is 19.3. The highest BCUT2D eigenvalue weighted by Gasteiger charge is 2.17. The van der Waals surface area contributed by atoms with Crippen LogP contribution in [-0.4, -0.2) is 31.1 Å². The Kier molecular flexibility index (Phi) is 6.06. The first kappa shape index (κ1) is 19.1. The smallest absolute Gasteiger partial charge is 0.127 e. The molecule has 1 aliphatic rings. The lowest BCUT2D eigenvalue weighted by atomic mass is 10.1. The summed E-state index contributed by atoms with van der Waals surface area (Å²) < 4.78 is 5.95. The van der Waals surface area contributed by atoms with Crippen LogP contribution >= 0.6 is 23.2 Å². The van der Waals surface area contributed by atoms with Gasteiger partial charge in [0.25, 0.3) is 0 Å². The van der Waals surface area contributed by atoms with Crippen molar-refractivity contribution >= 4 is 28.9 Å². The van der Waals surface area contributed by atoms with Crippen LogP contribution in [0.1, 0.15) is 5.56 Å². The van der Waals surface area contributed by atoms with Crippen molar-refractivity contribution in [3.05, 3.63) is 88.4 Å². The normalized spacial score (nSPS) is 14.9. The SMILES string of the molecule is Clc1ccc(Oc2cccc(CN3CCN(c4cccc(Cl)c4)CC3)c2)cc1. The van der Waals surface area contributed by atoms with Crippen molar-refractivity contribution in [2.24, 2.45) is 0 Å². The predicted molar refractivity (Wildman–Crippen MR) is 117 cm³/mol. The van der Waals surface area contributed by atoms with Crippen LogP contribution in [0.2, 0.25) is 10.0 Å². The molecule has 1 aliphatic heterocycles. The standard InChI is InChI=1S/C23H22Cl2N2O/c24-19-7-9-22(10-8-19)28-23-6-1-3-18(15-23)17-26-11-13-27(14-12-26)21-5-2-4-20(25)16-21/h1-10,15-16H,11-14,17H2. The van der Waals surface area contributed by atoms with Crippen molar-refractivity contribution in [1.82, 2.24) is 4.90 Å². The van der Waals surface area contributed by atoms with Gasteiger partial charge >= 0.3 is 0 Å². The third-order valence-electron chi connectivity index (χ3n) is 4.90. The second kappa shape index (κ2) is 8.87. The Labute approximate surface area is 176 Å². The quantitative estimate of drug-likeness (QED) is 0.502. The molecule has 3 nitrogen and oxygen atoms in total. The molecule has 3 aromatic rings. The van der Waals surface area contributed by atoms with Crippen molar-refractivity contribution in [2.45, 2.75) is 6.54 Å². The van der Waals surface area contributed by atoms with Crippen molar-refractivity contribution in [2.75, 3.05) is 31.1 Å². The summed E-state index contributed by atoms with van der Waals surface area (Å²) in [6.07, 6.45) is 0. The lowest BCUT2D eigenvalue weighted by molar-refractivity contribution is 0.249. The lowest BCUT2D eigenvalue weighted by Gasteiger charge is -2.36. The molecule has 0 unspecified atom stereocenters. The number of anilines is 1. The maximum atomic E-state index is 6.13. The molecule has 0 atom stereocenters. The minimum Gasteiger partial charge on any atom is -0.457 e. The zero-order valence-electron chi connectivity index (χ0n) is 15.5. The van der Waals surface area contributed by atoms with Crippen LogP contribution in [0.3, 0.4) is 0 Å². The molecule has 0 aliphatic carbocycles. The van der Waals surface area contributed by atoms with E-state index in [1.54, 1.807) is 0 Å². The second-order valence-corrected chi connectivity index (χ2v) is 7.82. The van der Waals surface area contributed by atoms with Crippen molar-refractivity contribution in [3.8, 4) is 11.5 Å². The van der Waals surface area contributed by atoms with E-state index in [0.717, 1.165) is 49.2 Å². The molecule has 3 aromatic carbocycles. The fourth-order valence-corrected chi connectivity index (χ4v) is 3.75. The molecule has 144 valence electrons. The average Bonchev–Trinajstić information content (AvgIpc) is 2.71. The molecule has 1 fully saturated rings. The Morgan fingerprint density at radius 1 is 0.714 bits per heavy atom. The zero-order valence-corrected chi connectivity index (χ0v) is 17.0. The molecule has 5 heteroatoms. The summed E-state index contributed by atoms with van der Waals surface area (Å²) >= 11 is 12.1. The molecule has 0 spiro atoms. The molecule has 4 rings (SSSR count). The second-order valence-electron chi connectivity index (χ2n) is 6.95. The van der Waals surface area contributed by atoms with Gasteiger partial charge < -0.3 is 9.64 Å². The highest BCUT2D eigenvalue weighted by atomic mass is 35.5. The third-order valence-corrected chi connectivity index (χ3v) is 5.39. The van der Waals surface area contributed by atoms with Crippen LogP contribution in [0.25, 0.3) is 0 Å². The number of hydrogen-bond acceptors (Lipinski definition) is 3. The highest BCUT2D eigenvalue weighted by Crippen LogP contribution is 2.25. The maximum Gasteiger partial charge on any atom is 0.127 e. The first-order valence-electron chi connectivity index (χ1n) is 9.41. The average molecular weight is 413 g/mol. The van der Waals surface area contributed by atoms with Crippen LogP contribution in [-0.2, 0) is 6.54 Å². The number of ether oxygens (including phenoxy) is 1. The molecule has 0 radical (unpaired) electrons. The van der Waals surface area contributed by atoms with Gasteiger partial charge in [-0.05, 0) is 60.2 Å². The van der Waals surface area contributed by atoms with Crippen LogP contribution in [0.4, 0.5) is 5.69 Å². The Hall–Kier alpha value is -2.20. The van der Waals surface area contributed by atoms with E-state index in [9.17, 15) is 0 Å². The Morgan fingerprint density at radius 3 is 2.21 bits per heavy atom. The lowest BCUT2D eigenvalue weighted by Crippen LogP contribution is -2.45.